The van der Waals surface area contributed by atoms with Crippen molar-refractivity contribution in [2.24, 2.45) is 0 Å². The minimum absolute atomic E-state index is 0.196. The van der Waals surface area contributed by atoms with Crippen molar-refractivity contribution in [3.05, 3.63) is 60.1 Å². The summed E-state index contributed by atoms with van der Waals surface area (Å²) in [5.74, 6) is 2.85. The number of hydrogen-bond acceptors (Lipinski definition) is 4. The molecule has 1 saturated heterocycles. The molecule has 26 heavy (non-hydrogen) atoms. The number of anilines is 1. The Morgan fingerprint density at radius 1 is 1.15 bits per heavy atom. The zero-order chi connectivity index (χ0) is 18.7. The van der Waals surface area contributed by atoms with Gasteiger partial charge in [-0.15, -0.1) is 6.42 Å². The smallest absolute Gasteiger partial charge is 0.298 e. The summed E-state index contributed by atoms with van der Waals surface area (Å²) in [4.78, 5) is 26.5. The number of imide groups is 1. The largest absolute Gasteiger partial charge is 0.479 e. The van der Waals surface area contributed by atoms with Gasteiger partial charge in [0.15, 0.2) is 0 Å². The highest BCUT2D eigenvalue weighted by molar-refractivity contribution is 14.1. The summed E-state index contributed by atoms with van der Waals surface area (Å²) in [6.45, 7) is 0.196. The number of benzene rings is 2. The predicted octanol–water partition coefficient (Wildman–Crippen LogP) is 5.15. The Labute approximate surface area is 182 Å². The third-order valence-electron chi connectivity index (χ3n) is 3.43. The molecule has 0 spiro atoms. The van der Waals surface area contributed by atoms with E-state index >= 15 is 0 Å². The van der Waals surface area contributed by atoms with Crippen LogP contribution in [-0.4, -0.2) is 17.8 Å². The molecular formula is C19H11I2NO3S. The van der Waals surface area contributed by atoms with Gasteiger partial charge in [0.25, 0.3) is 11.1 Å². The van der Waals surface area contributed by atoms with Gasteiger partial charge in [0.1, 0.15) is 12.4 Å². The van der Waals surface area contributed by atoms with Crippen LogP contribution in [-0.2, 0) is 4.79 Å². The Kier molecular flexibility index (Phi) is 6.26. The molecule has 130 valence electrons. The second-order valence-corrected chi connectivity index (χ2v) is 8.48. The fourth-order valence-electron chi connectivity index (χ4n) is 2.33. The lowest BCUT2D eigenvalue weighted by Crippen LogP contribution is -2.27. The Morgan fingerprint density at radius 3 is 2.42 bits per heavy atom. The molecule has 1 aliphatic rings. The van der Waals surface area contributed by atoms with E-state index in [-0.39, 0.29) is 17.8 Å². The normalized spacial score (nSPS) is 15.4. The van der Waals surface area contributed by atoms with Crippen molar-refractivity contribution >= 4 is 79.9 Å². The number of nitrogens with zero attached hydrogens (tertiary/aromatic N) is 1. The van der Waals surface area contributed by atoms with Gasteiger partial charge >= 0.3 is 0 Å². The molecule has 0 N–H and O–H groups in total. The van der Waals surface area contributed by atoms with Crippen molar-refractivity contribution in [2.75, 3.05) is 11.5 Å². The van der Waals surface area contributed by atoms with Gasteiger partial charge in [-0.2, -0.15) is 0 Å². The Morgan fingerprint density at radius 2 is 1.81 bits per heavy atom. The van der Waals surface area contributed by atoms with Gasteiger partial charge in [0, 0.05) is 0 Å². The minimum Gasteiger partial charge on any atom is -0.479 e. The number of rotatable bonds is 4. The first-order valence-corrected chi connectivity index (χ1v) is 10.4. The standard InChI is InChI=1S/C19H11I2NO3S/c1-2-8-25-17-14(20)9-12(10-15(17)21)11-16-18(23)22(19(24)26-16)13-6-4-3-5-7-13/h1,3-7,9-11H,8H2/b16-11-. The van der Waals surface area contributed by atoms with E-state index in [1.807, 2.05) is 18.2 Å². The first-order chi connectivity index (χ1) is 12.5. The first kappa shape index (κ1) is 19.3. The summed E-state index contributed by atoms with van der Waals surface area (Å²) in [6.07, 6.45) is 6.96. The van der Waals surface area contributed by atoms with Crippen LogP contribution in [0.15, 0.2) is 47.4 Å². The van der Waals surface area contributed by atoms with Gasteiger partial charge in [0.2, 0.25) is 0 Å². The lowest BCUT2D eigenvalue weighted by atomic mass is 10.2. The van der Waals surface area contributed by atoms with Gasteiger partial charge in [-0.05, 0) is 92.8 Å². The number of terminal acetylenes is 1. The minimum atomic E-state index is -0.316. The SMILES string of the molecule is C#CCOc1c(I)cc(/C=C2\SC(=O)N(c3ccccc3)C2=O)cc1I. The molecule has 2 aromatic rings. The summed E-state index contributed by atoms with van der Waals surface area (Å²) < 4.78 is 7.32. The van der Waals surface area contributed by atoms with E-state index in [0.29, 0.717) is 10.6 Å². The van der Waals surface area contributed by atoms with Crippen LogP contribution in [0, 0.1) is 19.5 Å². The van der Waals surface area contributed by atoms with E-state index in [4.69, 9.17) is 11.2 Å². The van der Waals surface area contributed by atoms with E-state index in [9.17, 15) is 9.59 Å². The maximum absolute atomic E-state index is 12.7. The summed E-state index contributed by atoms with van der Waals surface area (Å²) in [7, 11) is 0. The molecule has 1 heterocycles. The third kappa shape index (κ3) is 4.07. The predicted molar refractivity (Wildman–Crippen MR) is 121 cm³/mol. The first-order valence-electron chi connectivity index (χ1n) is 7.39. The molecule has 0 bridgehead atoms. The lowest BCUT2D eigenvalue weighted by Gasteiger charge is -2.11. The molecule has 1 aliphatic heterocycles. The van der Waals surface area contributed by atoms with Crippen LogP contribution >= 0.6 is 56.9 Å². The molecular weight excluding hydrogens is 576 g/mol. The zero-order valence-electron chi connectivity index (χ0n) is 13.2. The number of hydrogen-bond donors (Lipinski definition) is 0. The van der Waals surface area contributed by atoms with Crippen molar-refractivity contribution < 1.29 is 14.3 Å². The maximum Gasteiger partial charge on any atom is 0.298 e. The number of ether oxygens (including phenoxy) is 1. The average Bonchev–Trinajstić information content (AvgIpc) is 2.88. The van der Waals surface area contributed by atoms with Crippen molar-refractivity contribution in [1.29, 1.82) is 0 Å². The monoisotopic (exact) mass is 587 g/mol. The number of carbonyl (C=O) groups excluding carboxylic acids is 2. The molecule has 0 radical (unpaired) electrons. The summed E-state index contributed by atoms with van der Waals surface area (Å²) in [5, 5.41) is -0.300. The Balaban J connectivity index is 1.90. The second kappa shape index (κ2) is 8.45. The van der Waals surface area contributed by atoms with E-state index in [2.05, 4.69) is 51.1 Å². The molecule has 0 aromatic heterocycles. The highest BCUT2D eigenvalue weighted by atomic mass is 127. The number of amides is 2. The topological polar surface area (TPSA) is 46.6 Å². The van der Waals surface area contributed by atoms with Crippen LogP contribution in [0.2, 0.25) is 0 Å². The van der Waals surface area contributed by atoms with Crippen LogP contribution in [0.4, 0.5) is 10.5 Å². The Hall–Kier alpha value is -1.51. The molecule has 7 heteroatoms. The highest BCUT2D eigenvalue weighted by Gasteiger charge is 2.36. The third-order valence-corrected chi connectivity index (χ3v) is 5.90. The molecule has 0 atom stereocenters. The summed E-state index contributed by atoms with van der Waals surface area (Å²) in [5.41, 5.74) is 1.39. The van der Waals surface area contributed by atoms with E-state index in [1.54, 1.807) is 30.3 Å². The average molecular weight is 587 g/mol. The molecule has 0 aliphatic carbocycles. The lowest BCUT2D eigenvalue weighted by molar-refractivity contribution is -0.113. The van der Waals surface area contributed by atoms with E-state index < -0.39 is 0 Å². The zero-order valence-corrected chi connectivity index (χ0v) is 18.4. The summed E-state index contributed by atoms with van der Waals surface area (Å²) >= 11 is 5.26. The van der Waals surface area contributed by atoms with Gasteiger partial charge in [0.05, 0.1) is 17.7 Å². The molecule has 0 unspecified atom stereocenters. The molecule has 2 amide bonds. The number of carbonyl (C=O) groups is 2. The van der Waals surface area contributed by atoms with Crippen molar-refractivity contribution in [1.82, 2.24) is 0 Å². The number of thioether (sulfide) groups is 1. The maximum atomic E-state index is 12.7. The van der Waals surface area contributed by atoms with Gasteiger partial charge in [-0.25, -0.2) is 4.90 Å². The molecule has 3 rings (SSSR count). The van der Waals surface area contributed by atoms with Gasteiger partial charge in [-0.3, -0.25) is 9.59 Å². The second-order valence-electron chi connectivity index (χ2n) is 5.16. The van der Waals surface area contributed by atoms with E-state index in [0.717, 1.165) is 30.2 Å². The van der Waals surface area contributed by atoms with Crippen LogP contribution in [0.5, 0.6) is 5.75 Å². The fraction of sp³-hybridized carbons (Fsp3) is 0.0526. The molecule has 4 nitrogen and oxygen atoms in total. The van der Waals surface area contributed by atoms with Crippen molar-refractivity contribution in [3.8, 4) is 18.1 Å². The molecule has 1 fully saturated rings. The van der Waals surface area contributed by atoms with Crippen LogP contribution in [0.1, 0.15) is 5.56 Å². The van der Waals surface area contributed by atoms with Crippen LogP contribution in [0.25, 0.3) is 6.08 Å². The Bertz CT molecular complexity index is 928. The van der Waals surface area contributed by atoms with E-state index in [1.165, 1.54) is 4.90 Å². The quantitative estimate of drug-likeness (QED) is 0.282. The van der Waals surface area contributed by atoms with Crippen molar-refractivity contribution in [2.45, 2.75) is 0 Å². The fourth-order valence-corrected chi connectivity index (χ4v) is 5.30. The van der Waals surface area contributed by atoms with Crippen LogP contribution in [0.3, 0.4) is 0 Å². The number of para-hydroxylation sites is 1. The number of halogens is 2. The molecule has 0 saturated carbocycles. The summed E-state index contributed by atoms with van der Waals surface area (Å²) in [6, 6.07) is 12.7. The highest BCUT2D eigenvalue weighted by Crippen LogP contribution is 2.37. The van der Waals surface area contributed by atoms with Gasteiger partial charge in [-0.1, -0.05) is 24.1 Å². The van der Waals surface area contributed by atoms with Crippen molar-refractivity contribution in [3.63, 3.8) is 0 Å². The van der Waals surface area contributed by atoms with Gasteiger partial charge < -0.3 is 4.74 Å². The molecule has 2 aromatic carbocycles. The van der Waals surface area contributed by atoms with Crippen LogP contribution < -0.4 is 9.64 Å².